The van der Waals surface area contributed by atoms with E-state index in [4.69, 9.17) is 0 Å². The highest BCUT2D eigenvalue weighted by molar-refractivity contribution is 5.25. The largest absolute Gasteiger partial charge is 0.258 e. The van der Waals surface area contributed by atoms with Crippen molar-refractivity contribution in [2.24, 2.45) is 0 Å². The molecule has 0 bridgehead atoms. The van der Waals surface area contributed by atoms with E-state index in [1.54, 1.807) is 24.3 Å². The van der Waals surface area contributed by atoms with Gasteiger partial charge in [0.2, 0.25) is 0 Å². The van der Waals surface area contributed by atoms with Gasteiger partial charge in [-0.25, -0.2) is 0 Å². The van der Waals surface area contributed by atoms with Crippen molar-refractivity contribution in [2.45, 2.75) is 12.5 Å². The Morgan fingerprint density at radius 1 is 1.00 bits per heavy atom. The predicted octanol–water partition coefficient (Wildman–Crippen LogP) is -1.66. The highest BCUT2D eigenvalue weighted by Gasteiger charge is 2.36. The standard InChI is InChI=1S/C8H9ClO4/c1-8(13-9(10,11)12)6-4-2-3-5-7-8/h2-7H,1H3. The predicted molar refractivity (Wildman–Crippen MR) is 36.9 cm³/mol. The summed E-state index contributed by atoms with van der Waals surface area (Å²) in [4.78, 5) is 0. The van der Waals surface area contributed by atoms with Gasteiger partial charge in [0.25, 0.3) is 5.60 Å². The molecular weight excluding hydrogens is 196 g/mol. The summed E-state index contributed by atoms with van der Waals surface area (Å²) in [6, 6.07) is 0. The van der Waals surface area contributed by atoms with Crippen molar-refractivity contribution >= 4 is 0 Å². The Labute approximate surface area is 78.2 Å². The molecule has 0 N–H and O–H groups in total. The van der Waals surface area contributed by atoms with Crippen molar-refractivity contribution < 1.29 is 28.5 Å². The molecule has 13 heavy (non-hydrogen) atoms. The van der Waals surface area contributed by atoms with E-state index in [1.165, 1.54) is 19.1 Å². The molecule has 0 saturated heterocycles. The smallest absolute Gasteiger partial charge is 0.183 e. The normalized spacial score (nSPS) is 20.3. The van der Waals surface area contributed by atoms with E-state index in [-0.39, 0.29) is 0 Å². The van der Waals surface area contributed by atoms with Gasteiger partial charge in [-0.3, -0.25) is 0 Å². The maximum atomic E-state index is 10.3. The van der Waals surface area contributed by atoms with Crippen LogP contribution < -0.4 is 14.0 Å². The Hall–Kier alpha value is -0.650. The summed E-state index contributed by atoms with van der Waals surface area (Å²) in [5, 5.41) is 0. The van der Waals surface area contributed by atoms with Crippen molar-refractivity contribution in [1.82, 2.24) is 0 Å². The van der Waals surface area contributed by atoms with Gasteiger partial charge in [-0.15, -0.1) is 0 Å². The van der Waals surface area contributed by atoms with Gasteiger partial charge in [-0.1, -0.05) is 24.3 Å². The second kappa shape index (κ2) is 3.61. The van der Waals surface area contributed by atoms with Gasteiger partial charge in [0.05, 0.1) is 14.5 Å². The molecule has 0 atom stereocenters. The molecular formula is C8H9ClO4. The number of hydrogen-bond donors (Lipinski definition) is 0. The van der Waals surface area contributed by atoms with E-state index >= 15 is 0 Å². The first-order valence-electron chi connectivity index (χ1n) is 3.57. The molecule has 0 aromatic carbocycles. The lowest BCUT2D eigenvalue weighted by Crippen LogP contribution is -2.63. The minimum atomic E-state index is -4.41. The molecule has 0 radical (unpaired) electrons. The van der Waals surface area contributed by atoms with Crippen LogP contribution in [0.3, 0.4) is 0 Å². The quantitative estimate of drug-likeness (QED) is 0.540. The molecule has 0 aromatic heterocycles. The van der Waals surface area contributed by atoms with Crippen molar-refractivity contribution in [3.05, 3.63) is 36.5 Å². The lowest BCUT2D eigenvalue weighted by molar-refractivity contribution is -1.92. The van der Waals surface area contributed by atoms with E-state index in [1.807, 2.05) is 0 Å². The minimum absolute atomic E-state index is 1.19. The van der Waals surface area contributed by atoms with E-state index in [2.05, 4.69) is 4.29 Å². The lowest BCUT2D eigenvalue weighted by Gasteiger charge is -2.20. The van der Waals surface area contributed by atoms with Crippen LogP contribution in [0.2, 0.25) is 0 Å². The highest BCUT2D eigenvalue weighted by atomic mass is 35.7. The minimum Gasteiger partial charge on any atom is -0.183 e. The number of rotatable bonds is 2. The first-order chi connectivity index (χ1) is 5.91. The molecule has 0 fully saturated rings. The van der Waals surface area contributed by atoms with Gasteiger partial charge < -0.3 is 0 Å². The van der Waals surface area contributed by atoms with Crippen molar-refractivity contribution in [3.63, 3.8) is 0 Å². The third-order valence-corrected chi connectivity index (χ3v) is 1.97. The summed E-state index contributed by atoms with van der Waals surface area (Å²) < 4.78 is 35.3. The molecule has 0 spiro atoms. The Bertz CT molecular complexity index is 246. The number of halogens is 1. The molecule has 0 heterocycles. The summed E-state index contributed by atoms with van der Waals surface area (Å²) in [5.41, 5.74) is -1.19. The van der Waals surface area contributed by atoms with E-state index in [9.17, 15) is 14.0 Å². The van der Waals surface area contributed by atoms with Crippen molar-refractivity contribution in [1.29, 1.82) is 0 Å². The average Bonchev–Trinajstić information content (AvgIpc) is 2.09. The van der Waals surface area contributed by atoms with Crippen LogP contribution in [0.25, 0.3) is 0 Å². The van der Waals surface area contributed by atoms with Crippen LogP contribution in [0.15, 0.2) is 36.5 Å². The van der Waals surface area contributed by atoms with Crippen LogP contribution >= 0.6 is 0 Å². The zero-order valence-corrected chi connectivity index (χ0v) is 7.73. The maximum absolute atomic E-state index is 10.3. The Morgan fingerprint density at radius 3 is 1.85 bits per heavy atom. The van der Waals surface area contributed by atoms with Crippen LogP contribution in [0, 0.1) is 10.2 Å². The Morgan fingerprint density at radius 2 is 1.46 bits per heavy atom. The highest BCUT2D eigenvalue weighted by Crippen LogP contribution is 2.19. The summed E-state index contributed by atoms with van der Waals surface area (Å²) in [5.74, 6) is 0. The fourth-order valence-electron chi connectivity index (χ4n) is 0.932. The third-order valence-electron chi connectivity index (χ3n) is 1.45. The topological polar surface area (TPSA) is 78.4 Å². The van der Waals surface area contributed by atoms with E-state index in [0.29, 0.717) is 0 Å². The summed E-state index contributed by atoms with van der Waals surface area (Å²) in [7, 11) is -4.41. The molecule has 0 unspecified atom stereocenters. The van der Waals surface area contributed by atoms with Crippen LogP contribution in [0.4, 0.5) is 0 Å². The molecule has 4 nitrogen and oxygen atoms in total. The van der Waals surface area contributed by atoms with Gasteiger partial charge in [0.15, 0.2) is 0 Å². The first kappa shape index (κ1) is 10.4. The van der Waals surface area contributed by atoms with Gasteiger partial charge >= 0.3 is 0 Å². The number of hydrogen-bond acceptors (Lipinski definition) is 4. The molecule has 0 aromatic rings. The summed E-state index contributed by atoms with van der Waals surface area (Å²) >= 11 is 0. The van der Waals surface area contributed by atoms with Gasteiger partial charge in [0.1, 0.15) is 0 Å². The molecule has 0 amide bonds. The number of allylic oxidation sites excluding steroid dienone is 4. The Kier molecular flexibility index (Phi) is 2.90. The second-order valence-corrected chi connectivity index (χ2v) is 3.65. The van der Waals surface area contributed by atoms with E-state index < -0.39 is 15.8 Å². The van der Waals surface area contributed by atoms with Crippen LogP contribution in [-0.2, 0) is 4.29 Å². The van der Waals surface area contributed by atoms with E-state index in [0.717, 1.165) is 0 Å². The SMILES string of the molecule is CC1(O[Cl+3]([O-])([O-])[O-])C=CC=CC=C1. The molecule has 1 aliphatic rings. The zero-order chi connectivity index (χ0) is 9.95. The fraction of sp³-hybridized carbons (Fsp3) is 0.250. The van der Waals surface area contributed by atoms with Crippen molar-refractivity contribution in [3.8, 4) is 0 Å². The first-order valence-corrected chi connectivity index (χ1v) is 4.80. The average molecular weight is 205 g/mol. The van der Waals surface area contributed by atoms with Gasteiger partial charge in [-0.2, -0.15) is 14.0 Å². The van der Waals surface area contributed by atoms with Gasteiger partial charge in [-0.05, 0) is 19.1 Å². The lowest BCUT2D eigenvalue weighted by atomic mass is 10.1. The van der Waals surface area contributed by atoms with Crippen LogP contribution in [0.1, 0.15) is 6.92 Å². The summed E-state index contributed by atoms with van der Waals surface area (Å²) in [6.45, 7) is 1.48. The molecule has 1 aliphatic carbocycles. The monoisotopic (exact) mass is 204 g/mol. The van der Waals surface area contributed by atoms with Crippen molar-refractivity contribution in [2.75, 3.05) is 0 Å². The van der Waals surface area contributed by atoms with Gasteiger partial charge in [0, 0.05) is 0 Å². The van der Waals surface area contributed by atoms with Crippen LogP contribution in [-0.4, -0.2) is 5.60 Å². The second-order valence-electron chi connectivity index (χ2n) is 2.74. The zero-order valence-electron chi connectivity index (χ0n) is 6.98. The summed E-state index contributed by atoms with van der Waals surface area (Å²) in [6.07, 6.45) is 9.60. The molecule has 1 rings (SSSR count). The Balaban J connectivity index is 2.77. The molecule has 5 heteroatoms. The molecule has 0 saturated carbocycles. The fourth-order valence-corrected chi connectivity index (χ4v) is 1.44. The molecule has 72 valence electrons. The molecule has 0 aliphatic heterocycles. The third kappa shape index (κ3) is 3.71. The maximum Gasteiger partial charge on any atom is 0.258 e. The van der Waals surface area contributed by atoms with Crippen LogP contribution in [0.5, 0.6) is 0 Å².